The molecule has 1 heterocycles. The van der Waals surface area contributed by atoms with Gasteiger partial charge in [-0.25, -0.2) is 13.4 Å². The zero-order valence-electron chi connectivity index (χ0n) is 26.3. The largest absolute Gasteiger partial charge is 0.388 e. The summed E-state index contributed by atoms with van der Waals surface area (Å²) in [5, 5.41) is 15.9. The van der Waals surface area contributed by atoms with Crippen molar-refractivity contribution in [2.75, 3.05) is 12.8 Å². The van der Waals surface area contributed by atoms with Crippen molar-refractivity contribution in [1.82, 2.24) is 15.3 Å². The van der Waals surface area contributed by atoms with Crippen LogP contribution < -0.4 is 5.32 Å². The minimum absolute atomic E-state index is 0.0493. The van der Waals surface area contributed by atoms with Crippen LogP contribution in [-0.2, 0) is 25.8 Å². The van der Waals surface area contributed by atoms with Crippen molar-refractivity contribution in [3.8, 4) is 0 Å². The monoisotopic (exact) mass is 603 g/mol. The van der Waals surface area contributed by atoms with Gasteiger partial charge in [-0.3, -0.25) is 4.79 Å². The van der Waals surface area contributed by atoms with Crippen LogP contribution in [0.2, 0.25) is 0 Å². The lowest BCUT2D eigenvalue weighted by atomic mass is 9.42. The number of imidazole rings is 1. The highest BCUT2D eigenvalue weighted by molar-refractivity contribution is 7.91. The van der Waals surface area contributed by atoms with E-state index in [1.54, 1.807) is 13.3 Å². The quantitative estimate of drug-likeness (QED) is 0.250. The summed E-state index contributed by atoms with van der Waals surface area (Å²) in [4.78, 5) is 30.9. The number of H-pyrrole nitrogens is 1. The Balaban J connectivity index is 1.38. The summed E-state index contributed by atoms with van der Waals surface area (Å²) in [6, 6.07) is -0.173. The number of fused-ring (bicyclic) bond motifs is 5. The molecule has 0 spiro atoms. The number of nitrogens with one attached hydrogen (secondary N) is 2. The Hall–Kier alpha value is -1.58. The van der Waals surface area contributed by atoms with E-state index in [-0.39, 0.29) is 22.7 Å². The van der Waals surface area contributed by atoms with Crippen molar-refractivity contribution in [2.45, 2.75) is 115 Å². The molecule has 4 aliphatic carbocycles. The van der Waals surface area contributed by atoms with Crippen LogP contribution in [-0.4, -0.2) is 65.3 Å². The highest BCUT2D eigenvalue weighted by atomic mass is 32.2. The molecule has 4 aliphatic rings. The van der Waals surface area contributed by atoms with Crippen molar-refractivity contribution in [3.05, 3.63) is 18.2 Å². The van der Waals surface area contributed by atoms with E-state index in [9.17, 15) is 23.1 Å². The van der Waals surface area contributed by atoms with Crippen LogP contribution in [0.25, 0.3) is 0 Å². The maximum atomic E-state index is 12.7. The first-order valence-electron chi connectivity index (χ1n) is 16.3. The van der Waals surface area contributed by atoms with Crippen LogP contribution in [0, 0.1) is 46.3 Å². The number of aromatic amines is 1. The van der Waals surface area contributed by atoms with Crippen LogP contribution in [0.3, 0.4) is 0 Å². The Bertz CT molecular complexity index is 1240. The van der Waals surface area contributed by atoms with E-state index in [1.165, 1.54) is 12.7 Å². The van der Waals surface area contributed by atoms with Crippen LogP contribution in [0.15, 0.2) is 12.5 Å². The first kappa shape index (κ1) is 31.8. The average molecular weight is 604 g/mol. The maximum absolute atomic E-state index is 12.7. The van der Waals surface area contributed by atoms with Gasteiger partial charge in [0, 0.05) is 43.3 Å². The van der Waals surface area contributed by atoms with Gasteiger partial charge in [0.05, 0.1) is 28.8 Å². The molecule has 0 aliphatic heterocycles. The molecule has 42 heavy (non-hydrogen) atoms. The number of rotatable bonds is 11. The summed E-state index contributed by atoms with van der Waals surface area (Å²) in [7, 11) is -3.25. The fourth-order valence-corrected chi connectivity index (χ4v) is 11.7. The lowest BCUT2D eigenvalue weighted by Crippen LogP contribution is -2.72. The molecule has 0 amide bonds. The molecule has 5 rings (SSSR count). The molecule has 1 aromatic rings. The Morgan fingerprint density at radius 1 is 1.19 bits per heavy atom. The van der Waals surface area contributed by atoms with Crippen LogP contribution in [0.4, 0.5) is 0 Å². The van der Waals surface area contributed by atoms with Crippen molar-refractivity contribution >= 4 is 21.9 Å². The topological polar surface area (TPSA) is 129 Å². The number of aldehydes is 1. The second-order valence-corrected chi connectivity index (χ2v) is 17.4. The Morgan fingerprint density at radius 2 is 1.95 bits per heavy atom. The third-order valence-electron chi connectivity index (χ3n) is 13.1. The number of aromatic nitrogens is 2. The van der Waals surface area contributed by atoms with E-state index in [1.807, 2.05) is 6.20 Å². The number of hydrogen-bond acceptors (Lipinski definition) is 7. The van der Waals surface area contributed by atoms with Crippen molar-refractivity contribution < 1.29 is 23.1 Å². The molecule has 1 aromatic heterocycles. The minimum Gasteiger partial charge on any atom is -0.388 e. The molecular weight excluding hydrogens is 550 g/mol. The Labute approximate surface area is 252 Å². The molecule has 11 atom stereocenters. The Kier molecular flexibility index (Phi) is 8.89. The minimum atomic E-state index is -3.25. The molecule has 236 valence electrons. The molecule has 0 radical (unpaired) electrons. The normalized spacial score (nSPS) is 41.3. The lowest BCUT2D eigenvalue weighted by molar-refractivity contribution is -0.219. The zero-order valence-corrected chi connectivity index (χ0v) is 27.1. The molecular formula is C33H53N3O5S. The van der Waals surface area contributed by atoms with Gasteiger partial charge in [-0.05, 0) is 99.7 Å². The van der Waals surface area contributed by atoms with E-state index < -0.39 is 26.6 Å². The second kappa shape index (κ2) is 11.7. The number of Topliss-reactive ketones (excluding diaryl/α,β-unsaturated/α-hetero) is 1. The maximum Gasteiger partial charge on any atom is 0.150 e. The van der Waals surface area contributed by atoms with E-state index in [0.29, 0.717) is 55.4 Å². The van der Waals surface area contributed by atoms with Crippen molar-refractivity contribution in [1.29, 1.82) is 0 Å². The number of aliphatic hydroxyl groups is 1. The number of carbonyl (C=O) groups is 2. The summed E-state index contributed by atoms with van der Waals surface area (Å²) < 4.78 is 25.5. The average Bonchev–Trinajstić information content (AvgIpc) is 3.58. The summed E-state index contributed by atoms with van der Waals surface area (Å²) >= 11 is 0. The van der Waals surface area contributed by atoms with Gasteiger partial charge >= 0.3 is 0 Å². The number of sulfone groups is 1. The lowest BCUT2D eigenvalue weighted by Gasteiger charge is -2.66. The summed E-state index contributed by atoms with van der Waals surface area (Å²) in [6.07, 6.45) is 14.8. The molecule has 8 nitrogen and oxygen atoms in total. The number of nitrogens with zero attached hydrogens (tertiary/aromatic N) is 1. The predicted molar refractivity (Wildman–Crippen MR) is 163 cm³/mol. The third kappa shape index (κ3) is 5.44. The van der Waals surface area contributed by atoms with E-state index in [0.717, 1.165) is 56.9 Å². The number of hydrogen-bond donors (Lipinski definition) is 3. The van der Waals surface area contributed by atoms with E-state index in [2.05, 4.69) is 36.1 Å². The van der Waals surface area contributed by atoms with Gasteiger partial charge in [-0.1, -0.05) is 20.8 Å². The smallest absolute Gasteiger partial charge is 0.150 e. The van der Waals surface area contributed by atoms with Gasteiger partial charge in [-0.2, -0.15) is 0 Å². The number of ketones is 1. The second-order valence-electron chi connectivity index (χ2n) is 15.1. The van der Waals surface area contributed by atoms with E-state index >= 15 is 0 Å². The van der Waals surface area contributed by atoms with Crippen LogP contribution >= 0.6 is 0 Å². The highest BCUT2D eigenvalue weighted by Crippen LogP contribution is 2.69. The number of carbonyl (C=O) groups excluding carboxylic acids is 2. The zero-order chi connectivity index (χ0) is 30.5. The third-order valence-corrected chi connectivity index (χ3v) is 14.7. The van der Waals surface area contributed by atoms with Gasteiger partial charge in [0.1, 0.15) is 21.9 Å². The first-order chi connectivity index (χ1) is 19.7. The summed E-state index contributed by atoms with van der Waals surface area (Å²) in [5.41, 5.74) is -0.262. The standard InChI is InChI=1S/C33H53N3O5S/c1-21(6-9-29(38)22(2)19-37)26-7-8-27-25-16-30(35-15-12-23-18-34-20-36-23)33(39)17-24(42(5,40)41)10-14-32(33,4)28(25)11-13-31(26,27)3/h18-22,24-28,30,35,39H,6-17H2,1-5H3,(H,34,36)/t21?,22?,24-,25-,26+,27-,28-,30+,31+,32+,33-/m0/s1. The molecule has 3 N–H and O–H groups in total. The van der Waals surface area contributed by atoms with Gasteiger partial charge in [0.15, 0.2) is 0 Å². The van der Waals surface area contributed by atoms with Gasteiger partial charge < -0.3 is 20.2 Å². The summed E-state index contributed by atoms with van der Waals surface area (Å²) in [5.74, 6) is 1.89. The summed E-state index contributed by atoms with van der Waals surface area (Å²) in [6.45, 7) is 9.44. The van der Waals surface area contributed by atoms with Gasteiger partial charge in [-0.15, -0.1) is 0 Å². The van der Waals surface area contributed by atoms with Crippen molar-refractivity contribution in [2.24, 2.45) is 46.3 Å². The highest BCUT2D eigenvalue weighted by Gasteiger charge is 2.68. The Morgan fingerprint density at radius 3 is 2.62 bits per heavy atom. The molecule has 2 unspecified atom stereocenters. The molecule has 4 saturated carbocycles. The predicted octanol–water partition coefficient (Wildman–Crippen LogP) is 4.53. The van der Waals surface area contributed by atoms with Gasteiger partial charge in [0.25, 0.3) is 0 Å². The fourth-order valence-electron chi connectivity index (χ4n) is 10.6. The van der Waals surface area contributed by atoms with Crippen LogP contribution in [0.1, 0.15) is 97.6 Å². The van der Waals surface area contributed by atoms with Crippen molar-refractivity contribution in [3.63, 3.8) is 0 Å². The van der Waals surface area contributed by atoms with Gasteiger partial charge in [0.2, 0.25) is 0 Å². The van der Waals surface area contributed by atoms with Crippen LogP contribution in [0.5, 0.6) is 0 Å². The van der Waals surface area contributed by atoms with E-state index in [4.69, 9.17) is 0 Å². The molecule has 9 heteroatoms. The first-order valence-corrected chi connectivity index (χ1v) is 18.3. The SMILES string of the molecule is CC(C=O)C(=O)CCC(C)[C@H]1CC[C@H]2[C@@H]3C[C@@H](NCCc4c[nH]cn4)[C@@]4(O)C[C@@H](S(C)(=O)=O)CC[C@]4(C)[C@H]3CC[C@]12C. The molecule has 0 bridgehead atoms. The molecule has 4 fully saturated rings. The molecule has 0 aromatic carbocycles. The molecule has 0 saturated heterocycles. The fraction of sp³-hybridized carbons (Fsp3) is 0.848.